The average Bonchev–Trinajstić information content (AvgIpc) is 2.62. The van der Waals surface area contributed by atoms with Crippen molar-refractivity contribution in [1.29, 1.82) is 0 Å². The molecule has 0 radical (unpaired) electrons. The standard InChI is InChI=1S/C19H21N3O3/c1-3-25-19(24)16-12-21-17-14(10-9-13(2)22(17)18(16)23)11-20-15-7-5-4-6-8-15/h4-8,11-13,20H,3,9-10H2,1-2H3. The molecule has 1 aliphatic heterocycles. The molecule has 0 aliphatic carbocycles. The summed E-state index contributed by atoms with van der Waals surface area (Å²) in [7, 11) is 0. The molecule has 2 heterocycles. The van der Waals surface area contributed by atoms with Crippen LogP contribution in [0.5, 0.6) is 0 Å². The summed E-state index contributed by atoms with van der Waals surface area (Å²) in [6.07, 6.45) is 4.82. The highest BCUT2D eigenvalue weighted by Crippen LogP contribution is 2.29. The number of esters is 1. The van der Waals surface area contributed by atoms with E-state index in [1.807, 2.05) is 43.5 Å². The highest BCUT2D eigenvalue weighted by atomic mass is 16.5. The van der Waals surface area contributed by atoms with E-state index >= 15 is 0 Å². The number of allylic oxidation sites excluding steroid dienone is 1. The third-order valence-electron chi connectivity index (χ3n) is 4.23. The molecule has 1 atom stereocenters. The van der Waals surface area contributed by atoms with E-state index in [1.165, 1.54) is 6.20 Å². The maximum Gasteiger partial charge on any atom is 0.345 e. The van der Waals surface area contributed by atoms with Gasteiger partial charge in [0.15, 0.2) is 0 Å². The Morgan fingerprint density at radius 2 is 2.16 bits per heavy atom. The summed E-state index contributed by atoms with van der Waals surface area (Å²) < 4.78 is 6.54. The first-order valence-corrected chi connectivity index (χ1v) is 8.41. The number of carbonyl (C=O) groups excluding carboxylic acids is 1. The van der Waals surface area contributed by atoms with Crippen molar-refractivity contribution in [1.82, 2.24) is 9.55 Å². The van der Waals surface area contributed by atoms with Crippen molar-refractivity contribution in [2.24, 2.45) is 0 Å². The summed E-state index contributed by atoms with van der Waals surface area (Å²) in [4.78, 5) is 29.1. The molecule has 2 aromatic rings. The van der Waals surface area contributed by atoms with Crippen molar-refractivity contribution >= 4 is 17.2 Å². The van der Waals surface area contributed by atoms with Gasteiger partial charge in [0.2, 0.25) is 0 Å². The molecule has 6 nitrogen and oxygen atoms in total. The fourth-order valence-corrected chi connectivity index (χ4v) is 2.91. The summed E-state index contributed by atoms with van der Waals surface area (Å²) >= 11 is 0. The number of ether oxygens (including phenoxy) is 1. The Labute approximate surface area is 146 Å². The van der Waals surface area contributed by atoms with E-state index in [1.54, 1.807) is 11.5 Å². The minimum absolute atomic E-state index is 0.0155. The number of benzene rings is 1. The SMILES string of the molecule is CCOC(=O)c1cnc2n(c1=O)C(C)CCC2=CNc1ccccc1. The van der Waals surface area contributed by atoms with E-state index < -0.39 is 5.97 Å². The van der Waals surface area contributed by atoms with Gasteiger partial charge in [-0.2, -0.15) is 0 Å². The van der Waals surface area contributed by atoms with E-state index in [-0.39, 0.29) is 23.8 Å². The van der Waals surface area contributed by atoms with Crippen molar-refractivity contribution in [2.45, 2.75) is 32.7 Å². The molecule has 3 rings (SSSR count). The maximum absolute atomic E-state index is 12.7. The average molecular weight is 339 g/mol. The molecule has 6 heteroatoms. The molecule has 1 unspecified atom stereocenters. The fraction of sp³-hybridized carbons (Fsp3) is 0.316. The molecular weight excluding hydrogens is 318 g/mol. The molecule has 1 aromatic heterocycles. The lowest BCUT2D eigenvalue weighted by Crippen LogP contribution is -2.34. The van der Waals surface area contributed by atoms with E-state index in [0.29, 0.717) is 5.82 Å². The summed E-state index contributed by atoms with van der Waals surface area (Å²) in [6.45, 7) is 3.89. The van der Waals surface area contributed by atoms with E-state index in [9.17, 15) is 9.59 Å². The third-order valence-corrected chi connectivity index (χ3v) is 4.23. The summed E-state index contributed by atoms with van der Waals surface area (Å²) in [5.41, 5.74) is 1.54. The van der Waals surface area contributed by atoms with Crippen LogP contribution in [-0.4, -0.2) is 22.1 Å². The lowest BCUT2D eigenvalue weighted by atomic mass is 10.0. The smallest absolute Gasteiger partial charge is 0.345 e. The number of para-hydroxylation sites is 1. The largest absolute Gasteiger partial charge is 0.462 e. The number of nitrogens with zero attached hydrogens (tertiary/aromatic N) is 2. The first-order valence-electron chi connectivity index (χ1n) is 8.41. The van der Waals surface area contributed by atoms with Gasteiger partial charge >= 0.3 is 5.97 Å². The highest BCUT2D eigenvalue weighted by Gasteiger charge is 2.25. The number of carbonyl (C=O) groups is 1. The third kappa shape index (κ3) is 3.47. The van der Waals surface area contributed by atoms with Crippen molar-refractivity contribution < 1.29 is 9.53 Å². The van der Waals surface area contributed by atoms with Crippen molar-refractivity contribution in [3.63, 3.8) is 0 Å². The van der Waals surface area contributed by atoms with Crippen LogP contribution in [0.25, 0.3) is 5.57 Å². The van der Waals surface area contributed by atoms with Gasteiger partial charge in [-0.15, -0.1) is 0 Å². The van der Waals surface area contributed by atoms with Gasteiger partial charge in [0.25, 0.3) is 5.56 Å². The Balaban J connectivity index is 1.98. The van der Waals surface area contributed by atoms with Gasteiger partial charge in [0.05, 0.1) is 6.61 Å². The molecule has 0 amide bonds. The number of rotatable bonds is 4. The first kappa shape index (κ1) is 17.0. The first-order chi connectivity index (χ1) is 12.1. The van der Waals surface area contributed by atoms with Crippen LogP contribution in [0.2, 0.25) is 0 Å². The number of aromatic nitrogens is 2. The molecule has 0 bridgehead atoms. The zero-order valence-corrected chi connectivity index (χ0v) is 14.4. The van der Waals surface area contributed by atoms with Gasteiger partial charge < -0.3 is 10.1 Å². The van der Waals surface area contributed by atoms with E-state index in [4.69, 9.17) is 4.74 Å². The van der Waals surface area contributed by atoms with Crippen molar-refractivity contribution in [2.75, 3.05) is 11.9 Å². The number of fused-ring (bicyclic) bond motifs is 1. The minimum atomic E-state index is -0.624. The molecule has 0 spiro atoms. The molecule has 1 N–H and O–H groups in total. The molecule has 0 saturated carbocycles. The Morgan fingerprint density at radius 1 is 1.40 bits per heavy atom. The van der Waals surface area contributed by atoms with Crippen molar-refractivity contribution in [3.05, 3.63) is 64.5 Å². The Hall–Kier alpha value is -2.89. The molecule has 1 aromatic carbocycles. The molecule has 1 aliphatic rings. The lowest BCUT2D eigenvalue weighted by Gasteiger charge is -2.26. The zero-order chi connectivity index (χ0) is 17.8. The molecule has 0 saturated heterocycles. The maximum atomic E-state index is 12.7. The molecule has 0 fully saturated rings. The Morgan fingerprint density at radius 3 is 2.88 bits per heavy atom. The van der Waals surface area contributed by atoms with Crippen LogP contribution < -0.4 is 10.9 Å². The molecule has 130 valence electrons. The van der Waals surface area contributed by atoms with Gasteiger partial charge in [0.1, 0.15) is 11.4 Å². The summed E-state index contributed by atoms with van der Waals surface area (Å²) in [5, 5.41) is 3.24. The molecule has 25 heavy (non-hydrogen) atoms. The predicted octanol–water partition coefficient (Wildman–Crippen LogP) is 3.23. The van der Waals surface area contributed by atoms with Gasteiger partial charge in [-0.25, -0.2) is 9.78 Å². The topological polar surface area (TPSA) is 73.2 Å². The second kappa shape index (κ2) is 7.34. The second-order valence-electron chi connectivity index (χ2n) is 5.96. The fourth-order valence-electron chi connectivity index (χ4n) is 2.91. The van der Waals surface area contributed by atoms with E-state index in [0.717, 1.165) is 24.1 Å². The number of nitrogens with one attached hydrogen (secondary N) is 1. The quantitative estimate of drug-likeness (QED) is 0.866. The zero-order valence-electron chi connectivity index (χ0n) is 14.4. The van der Waals surface area contributed by atoms with Gasteiger partial charge in [-0.3, -0.25) is 9.36 Å². The second-order valence-corrected chi connectivity index (χ2v) is 5.96. The Kier molecular flexibility index (Phi) is 4.97. The minimum Gasteiger partial charge on any atom is -0.462 e. The van der Waals surface area contributed by atoms with Crippen LogP contribution in [0.1, 0.15) is 48.9 Å². The summed E-state index contributed by atoms with van der Waals surface area (Å²) in [5.74, 6) is -0.0266. The van der Waals surface area contributed by atoms with Gasteiger partial charge in [-0.1, -0.05) is 18.2 Å². The van der Waals surface area contributed by atoms with Gasteiger partial charge in [0, 0.05) is 29.7 Å². The monoisotopic (exact) mass is 339 g/mol. The van der Waals surface area contributed by atoms with Crippen LogP contribution in [0.4, 0.5) is 5.69 Å². The number of hydrogen-bond acceptors (Lipinski definition) is 5. The predicted molar refractivity (Wildman–Crippen MR) is 96.4 cm³/mol. The number of anilines is 1. The van der Waals surface area contributed by atoms with Crippen molar-refractivity contribution in [3.8, 4) is 0 Å². The van der Waals surface area contributed by atoms with Crippen LogP contribution in [0.3, 0.4) is 0 Å². The van der Waals surface area contributed by atoms with Crippen LogP contribution in [0, 0.1) is 0 Å². The molecular formula is C19H21N3O3. The van der Waals surface area contributed by atoms with Crippen LogP contribution in [-0.2, 0) is 4.74 Å². The lowest BCUT2D eigenvalue weighted by molar-refractivity contribution is 0.0522. The van der Waals surface area contributed by atoms with Crippen LogP contribution >= 0.6 is 0 Å². The highest BCUT2D eigenvalue weighted by molar-refractivity contribution is 5.88. The van der Waals surface area contributed by atoms with Crippen LogP contribution in [0.15, 0.2) is 47.5 Å². The number of hydrogen-bond donors (Lipinski definition) is 1. The Bertz CT molecular complexity index is 856. The van der Waals surface area contributed by atoms with Gasteiger partial charge in [-0.05, 0) is 38.8 Å². The summed E-state index contributed by atoms with van der Waals surface area (Å²) in [6, 6.07) is 9.77. The van der Waals surface area contributed by atoms with E-state index in [2.05, 4.69) is 10.3 Å². The normalized spacial score (nSPS) is 17.8.